The molecule has 0 bridgehead atoms. The molecule has 7 nitrogen and oxygen atoms in total. The molecule has 8 heteroatoms. The number of hydrogen-bond donors (Lipinski definition) is 3. The predicted molar refractivity (Wildman–Crippen MR) is 46.2 cm³/mol. The molecule has 0 radical (unpaired) electrons. The van der Waals surface area contributed by atoms with Crippen LogP contribution in [0.3, 0.4) is 0 Å². The topological polar surface area (TPSA) is 115 Å². The number of hydrogen-bond acceptors (Lipinski definition) is 3. The Hall–Kier alpha value is -1.17. The Kier molecular flexibility index (Phi) is 4.00. The second-order valence-electron chi connectivity index (χ2n) is 2.41. The number of aliphatic carboxylic acids is 1. The van der Waals surface area contributed by atoms with Crippen LogP contribution in [0.25, 0.3) is 0 Å². The van der Waals surface area contributed by atoms with Crippen LogP contribution in [0.15, 0.2) is 12.7 Å². The molecule has 1 amide bonds. The first-order valence-electron chi connectivity index (χ1n) is 3.46. The number of carbonyl (C=O) groups excluding carboxylic acids is 1. The summed E-state index contributed by atoms with van der Waals surface area (Å²) in [5.74, 6) is -2.64. The molecule has 0 heterocycles. The fourth-order valence-corrected chi connectivity index (χ4v) is 1.63. The molecule has 3 N–H and O–H groups in total. The van der Waals surface area contributed by atoms with E-state index in [9.17, 15) is 14.2 Å². The molecule has 0 aliphatic heterocycles. The highest BCUT2D eigenvalue weighted by Gasteiger charge is 2.37. The van der Waals surface area contributed by atoms with Crippen molar-refractivity contribution >= 4 is 19.6 Å². The van der Waals surface area contributed by atoms with Gasteiger partial charge in [0.25, 0.3) is 5.91 Å². The molecule has 0 rings (SSSR count). The van der Waals surface area contributed by atoms with Gasteiger partial charge in [0.05, 0.1) is 0 Å². The molecule has 80 valence electrons. The Morgan fingerprint density at radius 1 is 1.50 bits per heavy atom. The lowest BCUT2D eigenvalue weighted by molar-refractivity contribution is -0.144. The summed E-state index contributed by atoms with van der Waals surface area (Å²) < 4.78 is 10.7. The van der Waals surface area contributed by atoms with Crippen LogP contribution in [-0.4, -0.2) is 37.5 Å². The molecule has 0 fully saturated rings. The van der Waals surface area contributed by atoms with Crippen molar-refractivity contribution in [2.24, 2.45) is 0 Å². The number of rotatable bonds is 4. The normalized spacial score (nSPS) is 13.1. The van der Waals surface area contributed by atoms with Crippen molar-refractivity contribution in [3.8, 4) is 0 Å². The average Bonchev–Trinajstić information content (AvgIpc) is 2.01. The van der Waals surface area contributed by atoms with E-state index in [4.69, 9.17) is 14.9 Å². The fourth-order valence-electron chi connectivity index (χ4n) is 0.743. The third kappa shape index (κ3) is 2.95. The quantitative estimate of drug-likeness (QED) is 0.439. The van der Waals surface area contributed by atoms with E-state index in [0.29, 0.717) is 6.08 Å². The highest BCUT2D eigenvalue weighted by atomic mass is 31.2. The van der Waals surface area contributed by atoms with Crippen LogP contribution in [0.5, 0.6) is 0 Å². The van der Waals surface area contributed by atoms with Crippen LogP contribution in [0.2, 0.25) is 0 Å². The second kappa shape index (κ2) is 4.36. The highest BCUT2D eigenvalue weighted by Crippen LogP contribution is 2.41. The van der Waals surface area contributed by atoms with Gasteiger partial charge in [-0.15, -0.1) is 0 Å². The molecule has 0 aromatic heterocycles. The van der Waals surface area contributed by atoms with E-state index in [1.165, 1.54) is 0 Å². The molecule has 0 spiro atoms. The molecule has 0 saturated heterocycles. The van der Waals surface area contributed by atoms with Crippen molar-refractivity contribution in [1.29, 1.82) is 0 Å². The standard InChI is InChI=1S/C6H10NO6P/c1-3-5(8)7(14(11,12)13)4(2)6(9)10/h3-4H,1H2,2H3,(H,9,10)(H2,11,12,13). The van der Waals surface area contributed by atoms with Gasteiger partial charge in [-0.3, -0.25) is 4.79 Å². The summed E-state index contributed by atoms with van der Waals surface area (Å²) in [6.07, 6.45) is 0.637. The Bertz CT molecular complexity index is 307. The minimum absolute atomic E-state index is 0.0394. The summed E-state index contributed by atoms with van der Waals surface area (Å²) >= 11 is 0. The molecule has 0 aliphatic rings. The van der Waals surface area contributed by atoms with E-state index < -0.39 is 25.7 Å². The highest BCUT2D eigenvalue weighted by molar-refractivity contribution is 7.50. The Labute approximate surface area is 79.9 Å². The van der Waals surface area contributed by atoms with Gasteiger partial charge in [-0.1, -0.05) is 6.58 Å². The zero-order valence-electron chi connectivity index (χ0n) is 7.32. The summed E-state index contributed by atoms with van der Waals surface area (Å²) in [5.41, 5.74) is 0. The van der Waals surface area contributed by atoms with E-state index in [1.54, 1.807) is 0 Å². The molecular formula is C6H10NO6P. The SMILES string of the molecule is C=CC(=O)N(C(C)C(=O)O)P(=O)(O)O. The lowest BCUT2D eigenvalue weighted by atomic mass is 10.3. The van der Waals surface area contributed by atoms with Gasteiger partial charge in [0.1, 0.15) is 6.04 Å². The first-order chi connectivity index (χ1) is 6.21. The monoisotopic (exact) mass is 223 g/mol. The summed E-state index contributed by atoms with van der Waals surface area (Å²) in [6.45, 7) is 4.00. The van der Waals surface area contributed by atoms with E-state index in [-0.39, 0.29) is 4.67 Å². The van der Waals surface area contributed by atoms with Crippen molar-refractivity contribution in [3.63, 3.8) is 0 Å². The summed E-state index contributed by atoms with van der Waals surface area (Å²) in [6, 6.07) is -1.61. The van der Waals surface area contributed by atoms with Crippen molar-refractivity contribution in [1.82, 2.24) is 4.67 Å². The Morgan fingerprint density at radius 3 is 2.14 bits per heavy atom. The fraction of sp³-hybridized carbons (Fsp3) is 0.333. The Balaban J connectivity index is 5.12. The number of carboxylic acid groups (broad SMARTS) is 1. The van der Waals surface area contributed by atoms with E-state index >= 15 is 0 Å². The lowest BCUT2D eigenvalue weighted by Crippen LogP contribution is -2.39. The largest absolute Gasteiger partial charge is 0.480 e. The third-order valence-corrected chi connectivity index (χ3v) is 2.51. The first-order valence-corrected chi connectivity index (χ1v) is 5.02. The van der Waals surface area contributed by atoms with E-state index in [1.807, 2.05) is 0 Å². The summed E-state index contributed by atoms with van der Waals surface area (Å²) in [7, 11) is -4.93. The van der Waals surface area contributed by atoms with Crippen LogP contribution in [0, 0.1) is 0 Å². The number of nitrogens with zero attached hydrogens (tertiary/aromatic N) is 1. The molecule has 0 saturated carbocycles. The van der Waals surface area contributed by atoms with Gasteiger partial charge in [-0.25, -0.2) is 14.0 Å². The molecule has 0 aromatic rings. The maximum absolute atomic E-state index is 11.0. The van der Waals surface area contributed by atoms with Crippen LogP contribution >= 0.6 is 7.75 Å². The zero-order valence-corrected chi connectivity index (χ0v) is 8.22. The molecule has 0 aliphatic carbocycles. The maximum Gasteiger partial charge on any atom is 0.433 e. The molecule has 1 unspecified atom stereocenters. The van der Waals surface area contributed by atoms with E-state index in [0.717, 1.165) is 6.92 Å². The van der Waals surface area contributed by atoms with Crippen molar-refractivity contribution in [3.05, 3.63) is 12.7 Å². The van der Waals surface area contributed by atoms with Crippen molar-refractivity contribution in [2.75, 3.05) is 0 Å². The molecule has 14 heavy (non-hydrogen) atoms. The van der Waals surface area contributed by atoms with Crippen LogP contribution in [0.4, 0.5) is 0 Å². The minimum atomic E-state index is -4.93. The van der Waals surface area contributed by atoms with Gasteiger partial charge in [-0.2, -0.15) is 0 Å². The predicted octanol–water partition coefficient (Wildman–Crippen LogP) is -0.433. The van der Waals surface area contributed by atoms with Crippen LogP contribution in [0.1, 0.15) is 6.92 Å². The second-order valence-corrected chi connectivity index (χ2v) is 3.87. The summed E-state index contributed by atoms with van der Waals surface area (Å²) in [4.78, 5) is 38.8. The van der Waals surface area contributed by atoms with Gasteiger partial charge in [0.2, 0.25) is 0 Å². The van der Waals surface area contributed by atoms with Crippen molar-refractivity contribution in [2.45, 2.75) is 13.0 Å². The smallest absolute Gasteiger partial charge is 0.433 e. The van der Waals surface area contributed by atoms with Crippen LogP contribution < -0.4 is 0 Å². The van der Waals surface area contributed by atoms with Crippen LogP contribution in [-0.2, 0) is 14.2 Å². The van der Waals surface area contributed by atoms with E-state index in [2.05, 4.69) is 6.58 Å². The van der Waals surface area contributed by atoms with Gasteiger partial charge >= 0.3 is 13.7 Å². The number of carboxylic acids is 1. The summed E-state index contributed by atoms with van der Waals surface area (Å²) in [5, 5.41) is 8.49. The maximum atomic E-state index is 11.0. The lowest BCUT2D eigenvalue weighted by Gasteiger charge is -2.25. The van der Waals surface area contributed by atoms with Gasteiger partial charge < -0.3 is 14.9 Å². The third-order valence-electron chi connectivity index (χ3n) is 1.41. The average molecular weight is 223 g/mol. The number of carbonyl (C=O) groups is 2. The minimum Gasteiger partial charge on any atom is -0.480 e. The van der Waals surface area contributed by atoms with Gasteiger partial charge in [-0.05, 0) is 13.0 Å². The molecule has 1 atom stereocenters. The van der Waals surface area contributed by atoms with Gasteiger partial charge in [0, 0.05) is 0 Å². The van der Waals surface area contributed by atoms with Gasteiger partial charge in [0.15, 0.2) is 0 Å². The van der Waals surface area contributed by atoms with Crippen molar-refractivity contribution < 1.29 is 29.0 Å². The first kappa shape index (κ1) is 12.8. The Morgan fingerprint density at radius 2 is 1.93 bits per heavy atom. The molecule has 0 aromatic carbocycles. The number of amides is 1. The molecular weight excluding hydrogens is 213 g/mol. The zero-order chi connectivity index (χ0) is 11.5.